The van der Waals surface area contributed by atoms with Gasteiger partial charge in [0.1, 0.15) is 5.75 Å². The summed E-state index contributed by atoms with van der Waals surface area (Å²) in [6, 6.07) is 5.30. The molecule has 0 saturated carbocycles. The minimum absolute atomic E-state index is 0.0902. The number of esters is 1. The summed E-state index contributed by atoms with van der Waals surface area (Å²) in [6.07, 6.45) is -0.770. The Balaban J connectivity index is 3.05. The minimum Gasteiger partial charge on any atom is -0.496 e. The van der Waals surface area contributed by atoms with Gasteiger partial charge in [-0.15, -0.1) is 0 Å². The average molecular weight is 295 g/mol. The van der Waals surface area contributed by atoms with Crippen LogP contribution in [0.5, 0.6) is 5.75 Å². The molecule has 2 atom stereocenters. The molecule has 2 N–H and O–H groups in total. The van der Waals surface area contributed by atoms with E-state index in [-0.39, 0.29) is 18.4 Å². The van der Waals surface area contributed by atoms with E-state index in [0.29, 0.717) is 11.3 Å². The lowest BCUT2D eigenvalue weighted by Gasteiger charge is -2.27. The number of carbonyl (C=O) groups excluding carboxylic acids is 1. The summed E-state index contributed by atoms with van der Waals surface area (Å²) in [4.78, 5) is 11.6. The number of hydrogen-bond donors (Lipinski definition) is 2. The Bertz CT molecular complexity index is 473. The molecule has 5 heteroatoms. The van der Waals surface area contributed by atoms with E-state index >= 15 is 0 Å². The third-order valence-corrected chi connectivity index (χ3v) is 3.25. The van der Waals surface area contributed by atoms with Crippen molar-refractivity contribution < 1.29 is 19.4 Å². The van der Waals surface area contributed by atoms with Crippen LogP contribution in [0.15, 0.2) is 18.2 Å². The SMILES string of the molecule is COC(=O)CC(NC(C)C)C(O)c1cc(C)ccc1OC. The van der Waals surface area contributed by atoms with Crippen molar-refractivity contribution in [1.29, 1.82) is 0 Å². The molecule has 0 fully saturated rings. The summed E-state index contributed by atoms with van der Waals surface area (Å²) in [5, 5.41) is 13.9. The molecule has 0 aliphatic rings. The van der Waals surface area contributed by atoms with Gasteiger partial charge < -0.3 is 19.9 Å². The van der Waals surface area contributed by atoms with Gasteiger partial charge in [0.2, 0.25) is 0 Å². The van der Waals surface area contributed by atoms with E-state index in [4.69, 9.17) is 9.47 Å². The first kappa shape index (κ1) is 17.5. The molecule has 0 saturated heterocycles. The number of benzene rings is 1. The van der Waals surface area contributed by atoms with Gasteiger partial charge in [0.05, 0.1) is 26.7 Å². The smallest absolute Gasteiger partial charge is 0.307 e. The van der Waals surface area contributed by atoms with Crippen LogP contribution >= 0.6 is 0 Å². The summed E-state index contributed by atoms with van der Waals surface area (Å²) >= 11 is 0. The van der Waals surface area contributed by atoms with E-state index in [2.05, 4.69) is 5.32 Å². The fraction of sp³-hybridized carbons (Fsp3) is 0.562. The van der Waals surface area contributed by atoms with Gasteiger partial charge in [0.25, 0.3) is 0 Å². The Labute approximate surface area is 126 Å². The number of aryl methyl sites for hydroxylation is 1. The molecular weight excluding hydrogens is 270 g/mol. The van der Waals surface area contributed by atoms with Crippen molar-refractivity contribution in [2.45, 2.75) is 45.4 Å². The van der Waals surface area contributed by atoms with Crippen LogP contribution < -0.4 is 10.1 Å². The molecule has 0 radical (unpaired) electrons. The number of carbonyl (C=O) groups is 1. The third kappa shape index (κ3) is 5.02. The second kappa shape index (κ2) is 8.00. The van der Waals surface area contributed by atoms with Crippen molar-refractivity contribution in [1.82, 2.24) is 5.32 Å². The predicted molar refractivity (Wildman–Crippen MR) is 81.4 cm³/mol. The highest BCUT2D eigenvalue weighted by atomic mass is 16.5. The molecule has 1 aromatic carbocycles. The molecule has 21 heavy (non-hydrogen) atoms. The van der Waals surface area contributed by atoms with E-state index in [0.717, 1.165) is 5.56 Å². The summed E-state index contributed by atoms with van der Waals surface area (Å²) in [7, 11) is 2.90. The molecule has 0 heterocycles. The molecule has 0 amide bonds. The fourth-order valence-corrected chi connectivity index (χ4v) is 2.25. The number of aliphatic hydroxyl groups excluding tert-OH is 1. The molecule has 5 nitrogen and oxygen atoms in total. The average Bonchev–Trinajstić information content (AvgIpc) is 2.45. The van der Waals surface area contributed by atoms with Crippen molar-refractivity contribution in [3.63, 3.8) is 0 Å². The summed E-state index contributed by atoms with van der Waals surface area (Å²) in [5.41, 5.74) is 1.69. The largest absolute Gasteiger partial charge is 0.496 e. The second-order valence-corrected chi connectivity index (χ2v) is 5.40. The molecule has 1 rings (SSSR count). The third-order valence-electron chi connectivity index (χ3n) is 3.25. The number of methoxy groups -OCH3 is 2. The lowest BCUT2D eigenvalue weighted by atomic mass is 9.96. The first-order valence-electron chi connectivity index (χ1n) is 7.04. The maximum Gasteiger partial charge on any atom is 0.307 e. The van der Waals surface area contributed by atoms with Crippen molar-refractivity contribution in [2.24, 2.45) is 0 Å². The molecule has 0 aromatic heterocycles. The van der Waals surface area contributed by atoms with Gasteiger partial charge in [-0.2, -0.15) is 0 Å². The van der Waals surface area contributed by atoms with Crippen molar-refractivity contribution >= 4 is 5.97 Å². The molecular formula is C16H25NO4. The quantitative estimate of drug-likeness (QED) is 0.753. The Morgan fingerprint density at radius 1 is 1.33 bits per heavy atom. The van der Waals surface area contributed by atoms with Crippen molar-refractivity contribution in [3.05, 3.63) is 29.3 Å². The predicted octanol–water partition coefficient (Wildman–Crippen LogP) is 1.97. The van der Waals surface area contributed by atoms with Crippen LogP contribution in [0, 0.1) is 6.92 Å². The van der Waals surface area contributed by atoms with E-state index in [1.807, 2.05) is 39.0 Å². The zero-order chi connectivity index (χ0) is 16.0. The molecule has 1 aromatic rings. The van der Waals surface area contributed by atoms with Gasteiger partial charge in [-0.25, -0.2) is 0 Å². The number of ether oxygens (including phenoxy) is 2. The molecule has 0 spiro atoms. The summed E-state index contributed by atoms with van der Waals surface area (Å²) < 4.78 is 10.0. The fourth-order valence-electron chi connectivity index (χ4n) is 2.25. The highest BCUT2D eigenvalue weighted by Gasteiger charge is 2.27. The minimum atomic E-state index is -0.860. The Hall–Kier alpha value is -1.59. The zero-order valence-corrected chi connectivity index (χ0v) is 13.3. The van der Waals surface area contributed by atoms with Crippen LogP contribution in [-0.4, -0.2) is 37.4 Å². The van der Waals surface area contributed by atoms with E-state index in [1.54, 1.807) is 7.11 Å². The Morgan fingerprint density at radius 3 is 2.52 bits per heavy atom. The monoisotopic (exact) mass is 295 g/mol. The lowest BCUT2D eigenvalue weighted by Crippen LogP contribution is -2.41. The van der Waals surface area contributed by atoms with E-state index in [9.17, 15) is 9.90 Å². The van der Waals surface area contributed by atoms with Gasteiger partial charge in [-0.1, -0.05) is 25.5 Å². The van der Waals surface area contributed by atoms with Crippen LogP contribution in [0.3, 0.4) is 0 Å². The number of hydrogen-bond acceptors (Lipinski definition) is 5. The summed E-state index contributed by atoms with van der Waals surface area (Å²) in [5.74, 6) is 0.243. The van der Waals surface area contributed by atoms with Crippen LogP contribution in [0.25, 0.3) is 0 Å². The first-order chi connectivity index (χ1) is 9.88. The van der Waals surface area contributed by atoms with Gasteiger partial charge in [-0.3, -0.25) is 4.79 Å². The number of nitrogens with one attached hydrogen (secondary N) is 1. The van der Waals surface area contributed by atoms with Crippen molar-refractivity contribution in [3.8, 4) is 5.75 Å². The van der Waals surface area contributed by atoms with Gasteiger partial charge in [0.15, 0.2) is 0 Å². The summed E-state index contributed by atoms with van der Waals surface area (Å²) in [6.45, 7) is 5.87. The maximum absolute atomic E-state index is 11.6. The van der Waals surface area contributed by atoms with Gasteiger partial charge in [-0.05, 0) is 19.1 Å². The lowest BCUT2D eigenvalue weighted by molar-refractivity contribution is -0.142. The van der Waals surface area contributed by atoms with Gasteiger partial charge in [0, 0.05) is 17.6 Å². The normalized spacial score (nSPS) is 13.9. The van der Waals surface area contributed by atoms with Crippen LogP contribution in [0.2, 0.25) is 0 Å². The molecule has 0 bridgehead atoms. The van der Waals surface area contributed by atoms with E-state index < -0.39 is 12.1 Å². The van der Waals surface area contributed by atoms with Crippen LogP contribution in [0.1, 0.15) is 37.5 Å². The molecule has 0 aliphatic heterocycles. The first-order valence-corrected chi connectivity index (χ1v) is 7.04. The zero-order valence-electron chi connectivity index (χ0n) is 13.3. The van der Waals surface area contributed by atoms with E-state index in [1.165, 1.54) is 7.11 Å². The van der Waals surface area contributed by atoms with Gasteiger partial charge >= 0.3 is 5.97 Å². The van der Waals surface area contributed by atoms with Crippen molar-refractivity contribution in [2.75, 3.05) is 14.2 Å². The Morgan fingerprint density at radius 2 is 2.00 bits per heavy atom. The Kier molecular flexibility index (Phi) is 6.65. The highest BCUT2D eigenvalue weighted by Crippen LogP contribution is 2.29. The molecule has 0 aliphatic carbocycles. The topological polar surface area (TPSA) is 67.8 Å². The van der Waals surface area contributed by atoms with Crippen LogP contribution in [-0.2, 0) is 9.53 Å². The standard InChI is InChI=1S/C16H25NO4/c1-10(2)17-13(9-15(18)21-5)16(19)12-8-11(3)6-7-14(12)20-4/h6-8,10,13,16-17,19H,9H2,1-5H3. The molecule has 2 unspecified atom stereocenters. The molecule has 118 valence electrons. The second-order valence-electron chi connectivity index (χ2n) is 5.40. The highest BCUT2D eigenvalue weighted by molar-refractivity contribution is 5.70. The number of rotatable bonds is 7. The number of aliphatic hydroxyl groups is 1. The maximum atomic E-state index is 11.6. The van der Waals surface area contributed by atoms with Crippen LogP contribution in [0.4, 0.5) is 0 Å².